The Morgan fingerprint density at radius 1 is 1.36 bits per heavy atom. The third-order valence-corrected chi connectivity index (χ3v) is 5.13. The molecule has 1 saturated heterocycles. The predicted octanol–water partition coefficient (Wildman–Crippen LogP) is 3.13. The summed E-state index contributed by atoms with van der Waals surface area (Å²) in [6, 6.07) is 5.70. The number of pyridine rings is 1. The molecule has 2 N–H and O–H groups in total. The fourth-order valence-corrected chi connectivity index (χ4v) is 3.42. The topological polar surface area (TPSA) is 74.3 Å². The van der Waals surface area contributed by atoms with Crippen molar-refractivity contribution < 1.29 is 9.84 Å². The number of aromatic amines is 1. The molecule has 3 aromatic rings. The van der Waals surface area contributed by atoms with E-state index in [0.717, 1.165) is 22.3 Å². The number of halogens is 2. The van der Waals surface area contributed by atoms with Gasteiger partial charge < -0.3 is 14.7 Å². The summed E-state index contributed by atoms with van der Waals surface area (Å²) in [5, 5.41) is 18.1. The van der Waals surface area contributed by atoms with Crippen molar-refractivity contribution in [3.05, 3.63) is 40.6 Å². The summed E-state index contributed by atoms with van der Waals surface area (Å²) in [6.45, 7) is 1.77. The van der Waals surface area contributed by atoms with E-state index >= 15 is 0 Å². The van der Waals surface area contributed by atoms with Crippen LogP contribution in [0.5, 0.6) is 0 Å². The molecule has 130 valence electrons. The molecule has 0 bridgehead atoms. The first kappa shape index (κ1) is 16.6. The van der Waals surface area contributed by atoms with Gasteiger partial charge >= 0.3 is 0 Å². The van der Waals surface area contributed by atoms with Crippen LogP contribution >= 0.6 is 23.2 Å². The molecule has 0 saturated carbocycles. The van der Waals surface area contributed by atoms with E-state index in [9.17, 15) is 5.11 Å². The fourth-order valence-electron chi connectivity index (χ4n) is 3.06. The largest absolute Gasteiger partial charge is 0.394 e. The lowest BCUT2D eigenvalue weighted by Crippen LogP contribution is -2.44. The predicted molar refractivity (Wildman–Crippen MR) is 98.4 cm³/mol. The van der Waals surface area contributed by atoms with Gasteiger partial charge in [-0.3, -0.25) is 5.10 Å². The molecule has 0 spiro atoms. The zero-order chi connectivity index (χ0) is 17.4. The van der Waals surface area contributed by atoms with E-state index in [-0.39, 0.29) is 12.7 Å². The standard InChI is InChI=1S/C17H16Cl2N4O2/c18-14-2-1-12-13(10-6-20-21-7-10)5-15(22-17(12)16(14)19)23-3-4-25-11(8-23)9-24/h1-2,5-7,11,24H,3-4,8-9H2,(H,20,21)/t11-/m0/s1. The first-order valence-corrected chi connectivity index (χ1v) is 8.68. The summed E-state index contributed by atoms with van der Waals surface area (Å²) in [5.41, 5.74) is 2.56. The minimum atomic E-state index is -0.224. The molecule has 0 amide bonds. The molecule has 1 aliphatic heterocycles. The van der Waals surface area contributed by atoms with E-state index in [1.165, 1.54) is 0 Å². The molecule has 3 heterocycles. The molecule has 1 atom stereocenters. The van der Waals surface area contributed by atoms with Crippen LogP contribution in [0.1, 0.15) is 0 Å². The Morgan fingerprint density at radius 2 is 2.24 bits per heavy atom. The highest BCUT2D eigenvalue weighted by molar-refractivity contribution is 6.45. The molecular formula is C17H16Cl2N4O2. The second-order valence-corrected chi connectivity index (χ2v) is 6.68. The van der Waals surface area contributed by atoms with E-state index < -0.39 is 0 Å². The van der Waals surface area contributed by atoms with Gasteiger partial charge in [-0.15, -0.1) is 0 Å². The van der Waals surface area contributed by atoms with E-state index in [1.807, 2.05) is 18.3 Å². The molecule has 1 aromatic carbocycles. The van der Waals surface area contributed by atoms with E-state index in [0.29, 0.717) is 35.3 Å². The Balaban J connectivity index is 1.89. The smallest absolute Gasteiger partial charge is 0.130 e. The Labute approximate surface area is 154 Å². The Hall–Kier alpha value is -1.86. The number of fused-ring (bicyclic) bond motifs is 1. The summed E-state index contributed by atoms with van der Waals surface area (Å²) in [6.07, 6.45) is 3.37. The number of H-pyrrole nitrogens is 1. The number of ether oxygens (including phenoxy) is 1. The number of morpholine rings is 1. The maximum Gasteiger partial charge on any atom is 0.130 e. The summed E-state index contributed by atoms with van der Waals surface area (Å²) < 4.78 is 5.53. The highest BCUT2D eigenvalue weighted by Gasteiger charge is 2.23. The van der Waals surface area contributed by atoms with Crippen LogP contribution in [-0.4, -0.2) is 52.7 Å². The maximum absolute atomic E-state index is 9.39. The van der Waals surface area contributed by atoms with Gasteiger partial charge in [-0.1, -0.05) is 29.3 Å². The van der Waals surface area contributed by atoms with Crippen LogP contribution in [0.15, 0.2) is 30.6 Å². The minimum Gasteiger partial charge on any atom is -0.394 e. The lowest BCUT2D eigenvalue weighted by atomic mass is 10.0. The second-order valence-electron chi connectivity index (χ2n) is 5.89. The van der Waals surface area contributed by atoms with E-state index in [1.54, 1.807) is 12.3 Å². The number of hydrogen-bond donors (Lipinski definition) is 2. The van der Waals surface area contributed by atoms with Gasteiger partial charge in [-0.05, 0) is 17.7 Å². The SMILES string of the molecule is OC[C@@H]1CN(c2cc(-c3cn[nH]c3)c3ccc(Cl)c(Cl)c3n2)CCO1. The first-order valence-electron chi connectivity index (χ1n) is 7.92. The van der Waals surface area contributed by atoms with Gasteiger partial charge in [0.2, 0.25) is 0 Å². The molecule has 0 aliphatic carbocycles. The van der Waals surface area contributed by atoms with Crippen molar-refractivity contribution >= 4 is 39.9 Å². The number of benzene rings is 1. The monoisotopic (exact) mass is 378 g/mol. The molecule has 0 unspecified atom stereocenters. The van der Waals surface area contributed by atoms with Crippen molar-refractivity contribution in [1.29, 1.82) is 0 Å². The van der Waals surface area contributed by atoms with E-state index in [2.05, 4.69) is 15.1 Å². The fraction of sp³-hybridized carbons (Fsp3) is 0.294. The normalized spacial score (nSPS) is 18.0. The van der Waals surface area contributed by atoms with Crippen LogP contribution in [0.3, 0.4) is 0 Å². The Morgan fingerprint density at radius 3 is 3.00 bits per heavy atom. The highest BCUT2D eigenvalue weighted by atomic mass is 35.5. The summed E-state index contributed by atoms with van der Waals surface area (Å²) in [7, 11) is 0. The van der Waals surface area contributed by atoms with Gasteiger partial charge in [-0.2, -0.15) is 5.10 Å². The third-order valence-electron chi connectivity index (χ3n) is 4.33. The van der Waals surface area contributed by atoms with Crippen LogP contribution in [-0.2, 0) is 4.74 Å². The van der Waals surface area contributed by atoms with Crippen LogP contribution in [0, 0.1) is 0 Å². The highest BCUT2D eigenvalue weighted by Crippen LogP contribution is 2.37. The number of aliphatic hydroxyl groups is 1. The zero-order valence-electron chi connectivity index (χ0n) is 13.2. The van der Waals surface area contributed by atoms with Crippen LogP contribution in [0.25, 0.3) is 22.0 Å². The summed E-state index contributed by atoms with van der Waals surface area (Å²) >= 11 is 12.6. The quantitative estimate of drug-likeness (QED) is 0.732. The van der Waals surface area contributed by atoms with Crippen molar-refractivity contribution in [2.24, 2.45) is 0 Å². The molecule has 0 radical (unpaired) electrons. The minimum absolute atomic E-state index is 0.0226. The number of aromatic nitrogens is 3. The number of nitrogens with zero attached hydrogens (tertiary/aromatic N) is 3. The van der Waals surface area contributed by atoms with Gasteiger partial charge in [0.15, 0.2) is 0 Å². The molecular weight excluding hydrogens is 363 g/mol. The number of aliphatic hydroxyl groups excluding tert-OH is 1. The number of rotatable bonds is 3. The Bertz CT molecular complexity index is 901. The average Bonchev–Trinajstić information content (AvgIpc) is 3.18. The van der Waals surface area contributed by atoms with Gasteiger partial charge in [0, 0.05) is 30.2 Å². The van der Waals surface area contributed by atoms with Crippen LogP contribution < -0.4 is 4.90 Å². The van der Waals surface area contributed by atoms with E-state index in [4.69, 9.17) is 32.9 Å². The third kappa shape index (κ3) is 3.06. The van der Waals surface area contributed by atoms with Crippen molar-refractivity contribution in [3.63, 3.8) is 0 Å². The number of anilines is 1. The number of nitrogens with one attached hydrogen (secondary N) is 1. The summed E-state index contributed by atoms with van der Waals surface area (Å²) in [4.78, 5) is 6.83. The number of hydrogen-bond acceptors (Lipinski definition) is 5. The molecule has 6 nitrogen and oxygen atoms in total. The van der Waals surface area contributed by atoms with Crippen molar-refractivity contribution in [2.45, 2.75) is 6.10 Å². The van der Waals surface area contributed by atoms with Crippen LogP contribution in [0.2, 0.25) is 10.0 Å². The summed E-state index contributed by atoms with van der Waals surface area (Å²) in [5.74, 6) is 0.773. The van der Waals surface area contributed by atoms with Crippen LogP contribution in [0.4, 0.5) is 5.82 Å². The molecule has 8 heteroatoms. The van der Waals surface area contributed by atoms with Crippen molar-refractivity contribution in [1.82, 2.24) is 15.2 Å². The van der Waals surface area contributed by atoms with Gasteiger partial charge in [-0.25, -0.2) is 4.98 Å². The lowest BCUT2D eigenvalue weighted by molar-refractivity contribution is 0.00338. The van der Waals surface area contributed by atoms with Gasteiger partial charge in [0.05, 0.1) is 41.1 Å². The first-order chi connectivity index (χ1) is 12.2. The van der Waals surface area contributed by atoms with Gasteiger partial charge in [0.25, 0.3) is 0 Å². The van der Waals surface area contributed by atoms with Crippen molar-refractivity contribution in [2.75, 3.05) is 31.2 Å². The molecule has 2 aromatic heterocycles. The Kier molecular flexibility index (Phi) is 4.52. The van der Waals surface area contributed by atoms with Crippen molar-refractivity contribution in [3.8, 4) is 11.1 Å². The zero-order valence-corrected chi connectivity index (χ0v) is 14.8. The lowest BCUT2D eigenvalue weighted by Gasteiger charge is -2.33. The molecule has 25 heavy (non-hydrogen) atoms. The average molecular weight is 379 g/mol. The molecule has 1 fully saturated rings. The second kappa shape index (κ2) is 6.80. The maximum atomic E-state index is 9.39. The van der Waals surface area contributed by atoms with Gasteiger partial charge in [0.1, 0.15) is 5.82 Å². The molecule has 1 aliphatic rings. The molecule has 4 rings (SSSR count).